The number of nitro benzene ring substituents is 1. The van der Waals surface area contributed by atoms with Crippen LogP contribution >= 0.6 is 0 Å². The molecule has 0 saturated heterocycles. The second kappa shape index (κ2) is 5.31. The molecule has 0 spiro atoms. The van der Waals surface area contributed by atoms with E-state index in [0.29, 0.717) is 0 Å². The lowest BCUT2D eigenvalue weighted by Crippen LogP contribution is -2.15. The van der Waals surface area contributed by atoms with Crippen molar-refractivity contribution in [2.24, 2.45) is 0 Å². The summed E-state index contributed by atoms with van der Waals surface area (Å²) < 4.78 is 13.5. The molecule has 0 aliphatic heterocycles. The first-order valence-corrected chi connectivity index (χ1v) is 5.44. The Kier molecular flexibility index (Phi) is 3.56. The molecule has 0 aliphatic rings. The number of non-ortho nitro benzene ring substituents is 1. The Bertz CT molecular complexity index is 690. The van der Waals surface area contributed by atoms with E-state index in [4.69, 9.17) is 5.73 Å². The highest BCUT2D eigenvalue weighted by Crippen LogP contribution is 2.22. The molecular weight excluding hydrogens is 267 g/mol. The first kappa shape index (κ1) is 13.4. The van der Waals surface area contributed by atoms with Gasteiger partial charge in [0.1, 0.15) is 5.82 Å². The van der Waals surface area contributed by atoms with Crippen LogP contribution in [0.2, 0.25) is 0 Å². The van der Waals surface area contributed by atoms with Crippen molar-refractivity contribution >= 4 is 23.0 Å². The standard InChI is InChI=1S/C12H9FN4O3/c13-9-2-1-7(17(19)20)5-11(9)16-12(18)8-6-15-4-3-10(8)14/h1-6H,(H2,14,15)(H,16,18). The number of carbonyl (C=O) groups excluding carboxylic acids is 1. The molecular formula is C12H9FN4O3. The summed E-state index contributed by atoms with van der Waals surface area (Å²) in [5.41, 5.74) is 5.18. The molecule has 2 rings (SSSR count). The predicted octanol–water partition coefficient (Wildman–Crippen LogP) is 1.96. The van der Waals surface area contributed by atoms with Crippen LogP contribution in [0, 0.1) is 15.9 Å². The number of nitrogen functional groups attached to an aromatic ring is 1. The molecule has 0 radical (unpaired) electrons. The third kappa shape index (κ3) is 2.69. The van der Waals surface area contributed by atoms with Gasteiger partial charge in [-0.1, -0.05) is 0 Å². The lowest BCUT2D eigenvalue weighted by atomic mass is 10.2. The minimum atomic E-state index is -0.786. The quantitative estimate of drug-likeness (QED) is 0.657. The highest BCUT2D eigenvalue weighted by molar-refractivity contribution is 6.07. The van der Waals surface area contributed by atoms with Gasteiger partial charge < -0.3 is 11.1 Å². The maximum absolute atomic E-state index is 13.5. The fourth-order valence-electron chi connectivity index (χ4n) is 1.51. The zero-order chi connectivity index (χ0) is 14.7. The number of nitrogens with two attached hydrogens (primary N) is 1. The summed E-state index contributed by atoms with van der Waals surface area (Å²) >= 11 is 0. The Labute approximate surface area is 112 Å². The van der Waals surface area contributed by atoms with Crippen LogP contribution in [0.1, 0.15) is 10.4 Å². The highest BCUT2D eigenvalue weighted by atomic mass is 19.1. The predicted molar refractivity (Wildman–Crippen MR) is 69.7 cm³/mol. The highest BCUT2D eigenvalue weighted by Gasteiger charge is 2.15. The molecule has 0 unspecified atom stereocenters. The van der Waals surface area contributed by atoms with Crippen LogP contribution in [-0.2, 0) is 0 Å². The molecule has 7 nitrogen and oxygen atoms in total. The Balaban J connectivity index is 2.30. The summed E-state index contributed by atoms with van der Waals surface area (Å²) in [4.78, 5) is 25.6. The van der Waals surface area contributed by atoms with Crippen LogP contribution in [-0.4, -0.2) is 15.8 Å². The smallest absolute Gasteiger partial charge is 0.271 e. The zero-order valence-corrected chi connectivity index (χ0v) is 10.0. The lowest BCUT2D eigenvalue weighted by Gasteiger charge is -2.07. The fraction of sp³-hybridized carbons (Fsp3) is 0. The van der Waals surface area contributed by atoms with E-state index in [9.17, 15) is 19.3 Å². The Morgan fingerprint density at radius 3 is 2.80 bits per heavy atom. The summed E-state index contributed by atoms with van der Waals surface area (Å²) in [6.45, 7) is 0. The molecule has 8 heteroatoms. The second-order valence-electron chi connectivity index (χ2n) is 3.84. The normalized spacial score (nSPS) is 10.1. The number of hydrogen-bond donors (Lipinski definition) is 2. The van der Waals surface area contributed by atoms with Gasteiger partial charge in [-0.15, -0.1) is 0 Å². The summed E-state index contributed by atoms with van der Waals surface area (Å²) in [6, 6.07) is 4.25. The molecule has 1 aromatic heterocycles. The number of amides is 1. The van der Waals surface area contributed by atoms with Crippen LogP contribution in [0.5, 0.6) is 0 Å². The summed E-state index contributed by atoms with van der Waals surface area (Å²) in [6.07, 6.45) is 2.62. The number of benzene rings is 1. The molecule has 0 atom stereocenters. The zero-order valence-electron chi connectivity index (χ0n) is 10.0. The summed E-state index contributed by atoms with van der Waals surface area (Å²) in [5.74, 6) is -1.48. The number of halogens is 1. The van der Waals surface area contributed by atoms with Crippen molar-refractivity contribution in [2.75, 3.05) is 11.1 Å². The van der Waals surface area contributed by atoms with E-state index in [2.05, 4.69) is 10.3 Å². The number of rotatable bonds is 3. The van der Waals surface area contributed by atoms with Crippen molar-refractivity contribution in [1.82, 2.24) is 4.98 Å². The van der Waals surface area contributed by atoms with Gasteiger partial charge in [-0.2, -0.15) is 0 Å². The van der Waals surface area contributed by atoms with E-state index >= 15 is 0 Å². The maximum atomic E-state index is 13.5. The van der Waals surface area contributed by atoms with Gasteiger partial charge in [0, 0.05) is 30.2 Å². The van der Waals surface area contributed by atoms with Crippen LogP contribution in [0.25, 0.3) is 0 Å². The van der Waals surface area contributed by atoms with E-state index in [-0.39, 0.29) is 22.6 Å². The van der Waals surface area contributed by atoms with E-state index in [1.165, 1.54) is 18.5 Å². The molecule has 0 fully saturated rings. The second-order valence-corrected chi connectivity index (χ2v) is 3.84. The monoisotopic (exact) mass is 276 g/mol. The first-order valence-electron chi connectivity index (χ1n) is 5.44. The van der Waals surface area contributed by atoms with Crippen molar-refractivity contribution < 1.29 is 14.1 Å². The molecule has 0 aliphatic carbocycles. The molecule has 1 heterocycles. The van der Waals surface area contributed by atoms with E-state index in [1.807, 2.05) is 0 Å². The number of aromatic nitrogens is 1. The van der Waals surface area contributed by atoms with Crippen molar-refractivity contribution in [2.45, 2.75) is 0 Å². The maximum Gasteiger partial charge on any atom is 0.271 e. The summed E-state index contributed by atoms with van der Waals surface area (Å²) in [7, 11) is 0. The molecule has 1 aromatic carbocycles. The van der Waals surface area contributed by atoms with Gasteiger partial charge in [0.25, 0.3) is 11.6 Å². The Morgan fingerprint density at radius 1 is 1.40 bits per heavy atom. The number of nitrogens with one attached hydrogen (secondary N) is 1. The average molecular weight is 276 g/mol. The minimum Gasteiger partial charge on any atom is -0.398 e. The largest absolute Gasteiger partial charge is 0.398 e. The van der Waals surface area contributed by atoms with Crippen molar-refractivity contribution in [3.63, 3.8) is 0 Å². The Morgan fingerprint density at radius 2 is 2.15 bits per heavy atom. The van der Waals surface area contributed by atoms with Gasteiger partial charge in [-0.3, -0.25) is 19.9 Å². The molecule has 0 saturated carbocycles. The average Bonchev–Trinajstić information content (AvgIpc) is 2.41. The van der Waals surface area contributed by atoms with Crippen LogP contribution in [0.15, 0.2) is 36.7 Å². The topological polar surface area (TPSA) is 111 Å². The molecule has 1 amide bonds. The van der Waals surface area contributed by atoms with Gasteiger partial charge in [-0.05, 0) is 12.1 Å². The van der Waals surface area contributed by atoms with Crippen molar-refractivity contribution in [3.05, 3.63) is 58.2 Å². The number of carbonyl (C=O) groups is 1. The van der Waals surface area contributed by atoms with E-state index in [0.717, 1.165) is 18.2 Å². The number of anilines is 2. The van der Waals surface area contributed by atoms with Crippen LogP contribution in [0.4, 0.5) is 21.5 Å². The van der Waals surface area contributed by atoms with Gasteiger partial charge in [0.05, 0.1) is 16.2 Å². The molecule has 102 valence electrons. The number of pyridine rings is 1. The first-order chi connectivity index (χ1) is 9.49. The molecule has 20 heavy (non-hydrogen) atoms. The van der Waals surface area contributed by atoms with E-state index < -0.39 is 16.6 Å². The number of nitro groups is 1. The molecule has 3 N–H and O–H groups in total. The third-order valence-electron chi connectivity index (χ3n) is 2.51. The fourth-order valence-corrected chi connectivity index (χ4v) is 1.51. The molecule has 2 aromatic rings. The van der Waals surface area contributed by atoms with Gasteiger partial charge in [-0.25, -0.2) is 4.39 Å². The third-order valence-corrected chi connectivity index (χ3v) is 2.51. The SMILES string of the molecule is Nc1ccncc1C(=O)Nc1cc([N+](=O)[O-])ccc1F. The van der Waals surface area contributed by atoms with Crippen LogP contribution in [0.3, 0.4) is 0 Å². The summed E-state index contributed by atoms with van der Waals surface area (Å²) in [5, 5.41) is 12.8. The molecule has 0 bridgehead atoms. The minimum absolute atomic E-state index is 0.0541. The number of nitrogens with zero attached hydrogens (tertiary/aromatic N) is 2. The van der Waals surface area contributed by atoms with Crippen LogP contribution < -0.4 is 11.1 Å². The van der Waals surface area contributed by atoms with Crippen molar-refractivity contribution in [1.29, 1.82) is 0 Å². The van der Waals surface area contributed by atoms with Gasteiger partial charge in [0.15, 0.2) is 0 Å². The lowest BCUT2D eigenvalue weighted by molar-refractivity contribution is -0.384. The van der Waals surface area contributed by atoms with Gasteiger partial charge >= 0.3 is 0 Å². The Hall–Kier alpha value is -3.03. The van der Waals surface area contributed by atoms with E-state index in [1.54, 1.807) is 0 Å². The van der Waals surface area contributed by atoms with Crippen molar-refractivity contribution in [3.8, 4) is 0 Å². The van der Waals surface area contributed by atoms with Gasteiger partial charge in [0.2, 0.25) is 0 Å². The number of hydrogen-bond acceptors (Lipinski definition) is 5.